The minimum absolute atomic E-state index is 0.586. The predicted molar refractivity (Wildman–Crippen MR) is 48.7 cm³/mol. The van der Waals surface area contributed by atoms with E-state index in [1.54, 1.807) is 0 Å². The number of rotatable bonds is 3. The summed E-state index contributed by atoms with van der Waals surface area (Å²) in [6.45, 7) is 5.38. The molecule has 1 aliphatic rings. The summed E-state index contributed by atoms with van der Waals surface area (Å²) in [7, 11) is 2.14. The molecule has 0 saturated carbocycles. The maximum atomic E-state index is 8.36. The Bertz CT molecular complexity index is 173. The molecular formula is C9H17N3. The largest absolute Gasteiger partial charge is 0.311 e. The standard InChI is InChI=1S/C9H17N3/c1-8-6-12(2)7-9(8)11-5-3-4-10/h8-9,11H,3,5-7H2,1-2H3. The van der Waals surface area contributed by atoms with Crippen molar-refractivity contribution in [3.05, 3.63) is 0 Å². The molecule has 2 atom stereocenters. The van der Waals surface area contributed by atoms with Gasteiger partial charge in [0.1, 0.15) is 0 Å². The first-order chi connectivity index (χ1) is 5.74. The van der Waals surface area contributed by atoms with E-state index in [0.29, 0.717) is 18.4 Å². The minimum atomic E-state index is 0.586. The predicted octanol–water partition coefficient (Wildman–Crippen LogP) is 0.440. The van der Waals surface area contributed by atoms with Crippen LogP contribution in [0.2, 0.25) is 0 Å². The van der Waals surface area contributed by atoms with Gasteiger partial charge in [-0.1, -0.05) is 6.92 Å². The molecule has 0 radical (unpaired) electrons. The molecule has 0 bridgehead atoms. The molecule has 0 aromatic rings. The molecule has 0 spiro atoms. The minimum Gasteiger partial charge on any atom is -0.311 e. The first kappa shape index (κ1) is 9.50. The Morgan fingerprint density at radius 1 is 1.58 bits per heavy atom. The molecule has 0 aromatic carbocycles. The maximum absolute atomic E-state index is 8.36. The van der Waals surface area contributed by atoms with Crippen molar-refractivity contribution in [2.45, 2.75) is 19.4 Å². The fraction of sp³-hybridized carbons (Fsp3) is 0.889. The SMILES string of the molecule is CC1CN(C)CC1NCCC#N. The Kier molecular flexibility index (Phi) is 3.51. The van der Waals surface area contributed by atoms with Gasteiger partial charge in [-0.05, 0) is 13.0 Å². The zero-order valence-electron chi connectivity index (χ0n) is 7.88. The van der Waals surface area contributed by atoms with E-state index in [0.717, 1.165) is 13.1 Å². The summed E-state index contributed by atoms with van der Waals surface area (Å²) < 4.78 is 0. The van der Waals surface area contributed by atoms with Crippen LogP contribution >= 0.6 is 0 Å². The van der Waals surface area contributed by atoms with Gasteiger partial charge in [0, 0.05) is 32.1 Å². The van der Waals surface area contributed by atoms with Crippen LogP contribution in [0.25, 0.3) is 0 Å². The highest BCUT2D eigenvalue weighted by molar-refractivity contribution is 4.85. The summed E-state index contributed by atoms with van der Waals surface area (Å²) in [4.78, 5) is 2.33. The number of nitriles is 1. The molecule has 3 nitrogen and oxygen atoms in total. The molecule has 1 heterocycles. The number of hydrogen-bond donors (Lipinski definition) is 1. The van der Waals surface area contributed by atoms with Gasteiger partial charge in [-0.25, -0.2) is 0 Å². The molecule has 12 heavy (non-hydrogen) atoms. The Morgan fingerprint density at radius 2 is 2.33 bits per heavy atom. The van der Waals surface area contributed by atoms with Crippen LogP contribution in [0.4, 0.5) is 0 Å². The van der Waals surface area contributed by atoms with E-state index in [4.69, 9.17) is 5.26 Å². The van der Waals surface area contributed by atoms with Crippen molar-refractivity contribution in [2.75, 3.05) is 26.7 Å². The summed E-state index contributed by atoms with van der Waals surface area (Å²) in [6, 6.07) is 2.73. The Labute approximate surface area is 74.4 Å². The van der Waals surface area contributed by atoms with E-state index in [1.165, 1.54) is 6.54 Å². The molecule has 0 aromatic heterocycles. The Balaban J connectivity index is 2.20. The van der Waals surface area contributed by atoms with E-state index in [-0.39, 0.29) is 0 Å². The quantitative estimate of drug-likeness (QED) is 0.620. The average molecular weight is 167 g/mol. The lowest BCUT2D eigenvalue weighted by atomic mass is 10.1. The fourth-order valence-corrected chi connectivity index (χ4v) is 1.79. The van der Waals surface area contributed by atoms with Crippen LogP contribution in [0.3, 0.4) is 0 Å². The van der Waals surface area contributed by atoms with Crippen LogP contribution < -0.4 is 5.32 Å². The van der Waals surface area contributed by atoms with Gasteiger partial charge < -0.3 is 10.2 Å². The molecule has 68 valence electrons. The number of nitrogens with zero attached hydrogens (tertiary/aromatic N) is 2. The lowest BCUT2D eigenvalue weighted by Crippen LogP contribution is -2.35. The number of nitrogens with one attached hydrogen (secondary N) is 1. The lowest BCUT2D eigenvalue weighted by molar-refractivity contribution is 0.397. The molecule has 3 heteroatoms. The summed E-state index contributed by atoms with van der Waals surface area (Å²) in [6.07, 6.45) is 0.618. The van der Waals surface area contributed by atoms with Crippen molar-refractivity contribution < 1.29 is 0 Å². The van der Waals surface area contributed by atoms with Crippen molar-refractivity contribution in [1.29, 1.82) is 5.26 Å². The van der Waals surface area contributed by atoms with Crippen LogP contribution in [0.1, 0.15) is 13.3 Å². The third kappa shape index (κ3) is 2.47. The average Bonchev–Trinajstić information content (AvgIpc) is 2.31. The fourth-order valence-electron chi connectivity index (χ4n) is 1.79. The van der Waals surface area contributed by atoms with Crippen molar-refractivity contribution in [3.8, 4) is 6.07 Å². The Morgan fingerprint density at radius 3 is 2.83 bits per heavy atom. The molecule has 1 N–H and O–H groups in total. The van der Waals surface area contributed by atoms with Crippen molar-refractivity contribution >= 4 is 0 Å². The maximum Gasteiger partial charge on any atom is 0.0635 e. The van der Waals surface area contributed by atoms with Gasteiger partial charge in [-0.3, -0.25) is 0 Å². The van der Waals surface area contributed by atoms with Crippen LogP contribution in [0.5, 0.6) is 0 Å². The lowest BCUT2D eigenvalue weighted by Gasteiger charge is -2.14. The second-order valence-electron chi connectivity index (χ2n) is 3.67. The van der Waals surface area contributed by atoms with Gasteiger partial charge in [0.2, 0.25) is 0 Å². The zero-order chi connectivity index (χ0) is 8.97. The van der Waals surface area contributed by atoms with E-state index < -0.39 is 0 Å². The zero-order valence-corrected chi connectivity index (χ0v) is 7.88. The smallest absolute Gasteiger partial charge is 0.0635 e. The summed E-state index contributed by atoms with van der Waals surface area (Å²) in [5.41, 5.74) is 0. The highest BCUT2D eigenvalue weighted by Crippen LogP contribution is 2.13. The van der Waals surface area contributed by atoms with E-state index in [9.17, 15) is 0 Å². The summed E-state index contributed by atoms with van der Waals surface area (Å²) in [5, 5.41) is 11.8. The third-order valence-electron chi connectivity index (χ3n) is 2.44. The molecule has 1 fully saturated rings. The first-order valence-corrected chi connectivity index (χ1v) is 4.53. The molecule has 1 rings (SSSR count). The number of likely N-dealkylation sites (tertiary alicyclic amines) is 1. The van der Waals surface area contributed by atoms with Gasteiger partial charge >= 0.3 is 0 Å². The van der Waals surface area contributed by atoms with Crippen LogP contribution in [-0.4, -0.2) is 37.6 Å². The normalized spacial score (nSPS) is 30.4. The van der Waals surface area contributed by atoms with Crippen LogP contribution in [0, 0.1) is 17.2 Å². The number of hydrogen-bond acceptors (Lipinski definition) is 3. The highest BCUT2D eigenvalue weighted by atomic mass is 15.2. The second kappa shape index (κ2) is 4.44. The van der Waals surface area contributed by atoms with E-state index in [2.05, 4.69) is 30.3 Å². The summed E-state index contributed by atoms with van der Waals surface area (Å²) in [5.74, 6) is 0.716. The number of likely N-dealkylation sites (N-methyl/N-ethyl adjacent to an activating group) is 1. The van der Waals surface area contributed by atoms with Crippen molar-refractivity contribution in [3.63, 3.8) is 0 Å². The second-order valence-corrected chi connectivity index (χ2v) is 3.67. The Hall–Kier alpha value is -0.590. The van der Waals surface area contributed by atoms with Crippen LogP contribution in [-0.2, 0) is 0 Å². The molecule has 2 unspecified atom stereocenters. The van der Waals surface area contributed by atoms with Crippen molar-refractivity contribution in [2.24, 2.45) is 5.92 Å². The topological polar surface area (TPSA) is 39.1 Å². The van der Waals surface area contributed by atoms with Crippen LogP contribution in [0.15, 0.2) is 0 Å². The molecule has 1 saturated heterocycles. The van der Waals surface area contributed by atoms with Gasteiger partial charge in [-0.15, -0.1) is 0 Å². The highest BCUT2D eigenvalue weighted by Gasteiger charge is 2.26. The van der Waals surface area contributed by atoms with Gasteiger partial charge in [0.15, 0.2) is 0 Å². The van der Waals surface area contributed by atoms with Gasteiger partial charge in [-0.2, -0.15) is 5.26 Å². The molecule has 0 amide bonds. The summed E-state index contributed by atoms with van der Waals surface area (Å²) >= 11 is 0. The molecular weight excluding hydrogens is 150 g/mol. The van der Waals surface area contributed by atoms with E-state index >= 15 is 0 Å². The van der Waals surface area contributed by atoms with E-state index in [1.807, 2.05) is 0 Å². The first-order valence-electron chi connectivity index (χ1n) is 4.53. The van der Waals surface area contributed by atoms with Gasteiger partial charge in [0.25, 0.3) is 0 Å². The monoisotopic (exact) mass is 167 g/mol. The van der Waals surface area contributed by atoms with Crippen molar-refractivity contribution in [1.82, 2.24) is 10.2 Å². The van der Waals surface area contributed by atoms with Gasteiger partial charge in [0.05, 0.1) is 6.07 Å². The molecule has 0 aliphatic carbocycles. The third-order valence-corrected chi connectivity index (χ3v) is 2.44. The molecule has 1 aliphatic heterocycles.